The van der Waals surface area contributed by atoms with E-state index >= 15 is 0 Å². The number of hydrogen-bond donors (Lipinski definition) is 0. The number of aryl methyl sites for hydroxylation is 1. The number of para-hydroxylation sites is 1. The fraction of sp³-hybridized carbons (Fsp3) is 0.400. The molecule has 0 saturated heterocycles. The third-order valence-corrected chi connectivity index (χ3v) is 4.25. The fourth-order valence-electron chi connectivity index (χ4n) is 2.90. The molecule has 0 N–H and O–H groups in total. The van der Waals surface area contributed by atoms with Crippen LogP contribution in [0.3, 0.4) is 0 Å². The highest BCUT2D eigenvalue weighted by Crippen LogP contribution is 2.16. The van der Waals surface area contributed by atoms with Gasteiger partial charge in [0.25, 0.3) is 0 Å². The van der Waals surface area contributed by atoms with E-state index in [1.54, 1.807) is 4.80 Å². The zero-order valence-electron chi connectivity index (χ0n) is 13.9. The molecule has 3 rings (SSSR count). The summed E-state index contributed by atoms with van der Waals surface area (Å²) in [5, 5.41) is 9.18. The highest BCUT2D eigenvalue weighted by Gasteiger charge is 2.05. The van der Waals surface area contributed by atoms with Crippen molar-refractivity contribution < 1.29 is 0 Å². The molecule has 0 fully saturated rings. The van der Waals surface area contributed by atoms with Gasteiger partial charge in [-0.05, 0) is 42.7 Å². The first-order valence-electron chi connectivity index (χ1n) is 8.78. The van der Waals surface area contributed by atoms with Crippen LogP contribution in [0.2, 0.25) is 0 Å². The molecule has 3 heteroatoms. The zero-order chi connectivity index (χ0) is 15.9. The number of rotatable bonds is 8. The third-order valence-electron chi connectivity index (χ3n) is 4.25. The fourth-order valence-corrected chi connectivity index (χ4v) is 2.90. The minimum absolute atomic E-state index is 0.959. The van der Waals surface area contributed by atoms with Gasteiger partial charge in [-0.1, -0.05) is 63.3 Å². The van der Waals surface area contributed by atoms with Gasteiger partial charge in [-0.25, -0.2) is 0 Å². The average Bonchev–Trinajstić information content (AvgIpc) is 3.02. The summed E-state index contributed by atoms with van der Waals surface area (Å²) >= 11 is 0. The predicted octanol–water partition coefficient (Wildman–Crippen LogP) is 5.32. The Hall–Kier alpha value is -2.16. The van der Waals surface area contributed by atoms with Crippen LogP contribution in [0, 0.1) is 0 Å². The van der Waals surface area contributed by atoms with Gasteiger partial charge in [0.2, 0.25) is 0 Å². The summed E-state index contributed by atoms with van der Waals surface area (Å²) in [5.41, 5.74) is 4.31. The SMILES string of the molecule is CCCCCCCCc1ccc2nn(-c3ccccc3)nc2c1. The van der Waals surface area contributed by atoms with Crippen molar-refractivity contribution >= 4 is 11.0 Å². The van der Waals surface area contributed by atoms with Gasteiger partial charge in [0, 0.05) is 0 Å². The van der Waals surface area contributed by atoms with Crippen LogP contribution in [0.15, 0.2) is 48.5 Å². The van der Waals surface area contributed by atoms with E-state index in [0.29, 0.717) is 0 Å². The van der Waals surface area contributed by atoms with E-state index in [2.05, 4.69) is 35.3 Å². The van der Waals surface area contributed by atoms with Crippen molar-refractivity contribution in [1.29, 1.82) is 0 Å². The lowest BCUT2D eigenvalue weighted by Crippen LogP contribution is -1.97. The van der Waals surface area contributed by atoms with Gasteiger partial charge in [0.15, 0.2) is 0 Å². The van der Waals surface area contributed by atoms with Gasteiger partial charge in [0.1, 0.15) is 11.0 Å². The third kappa shape index (κ3) is 4.19. The Morgan fingerprint density at radius 1 is 0.783 bits per heavy atom. The minimum atomic E-state index is 0.959. The van der Waals surface area contributed by atoms with Gasteiger partial charge in [-0.15, -0.1) is 10.2 Å². The second-order valence-electron chi connectivity index (χ2n) is 6.17. The van der Waals surface area contributed by atoms with Crippen molar-refractivity contribution in [2.24, 2.45) is 0 Å². The summed E-state index contributed by atoms with van der Waals surface area (Å²) < 4.78 is 0. The number of aromatic nitrogens is 3. The summed E-state index contributed by atoms with van der Waals surface area (Å²) in [6.07, 6.45) is 9.15. The van der Waals surface area contributed by atoms with Crippen LogP contribution in [0.1, 0.15) is 51.0 Å². The van der Waals surface area contributed by atoms with Gasteiger partial charge < -0.3 is 0 Å². The molecule has 0 bridgehead atoms. The van der Waals surface area contributed by atoms with Crippen LogP contribution in [0.25, 0.3) is 16.7 Å². The van der Waals surface area contributed by atoms with Crippen LogP contribution in [0.5, 0.6) is 0 Å². The van der Waals surface area contributed by atoms with Crippen LogP contribution in [0.4, 0.5) is 0 Å². The lowest BCUT2D eigenvalue weighted by Gasteiger charge is -2.01. The summed E-state index contributed by atoms with van der Waals surface area (Å²) in [6.45, 7) is 2.26. The molecule has 2 aromatic carbocycles. The van der Waals surface area contributed by atoms with E-state index in [4.69, 9.17) is 0 Å². The van der Waals surface area contributed by atoms with E-state index in [1.165, 1.54) is 44.1 Å². The monoisotopic (exact) mass is 307 g/mol. The molecule has 0 radical (unpaired) electrons. The van der Waals surface area contributed by atoms with Crippen molar-refractivity contribution in [2.75, 3.05) is 0 Å². The molecule has 0 aliphatic carbocycles. The van der Waals surface area contributed by atoms with Crippen LogP contribution >= 0.6 is 0 Å². The molecule has 1 aromatic heterocycles. The van der Waals surface area contributed by atoms with Crippen LogP contribution < -0.4 is 0 Å². The zero-order valence-corrected chi connectivity index (χ0v) is 13.9. The Morgan fingerprint density at radius 2 is 1.52 bits per heavy atom. The average molecular weight is 307 g/mol. The molecule has 3 nitrogen and oxygen atoms in total. The van der Waals surface area contributed by atoms with E-state index < -0.39 is 0 Å². The summed E-state index contributed by atoms with van der Waals surface area (Å²) in [7, 11) is 0. The number of fused-ring (bicyclic) bond motifs is 1. The van der Waals surface area contributed by atoms with Gasteiger partial charge in [-0.2, -0.15) is 4.80 Å². The molecule has 0 aliphatic rings. The molecule has 0 amide bonds. The predicted molar refractivity (Wildman–Crippen MR) is 95.9 cm³/mol. The number of unbranched alkanes of at least 4 members (excludes halogenated alkanes) is 5. The van der Waals surface area contributed by atoms with Crippen LogP contribution in [-0.2, 0) is 6.42 Å². The Morgan fingerprint density at radius 3 is 2.35 bits per heavy atom. The maximum absolute atomic E-state index is 4.62. The highest BCUT2D eigenvalue weighted by atomic mass is 15.5. The topological polar surface area (TPSA) is 30.7 Å². The molecule has 0 atom stereocenters. The Labute approximate surface area is 138 Å². The molecule has 120 valence electrons. The smallest absolute Gasteiger partial charge is 0.113 e. The van der Waals surface area contributed by atoms with Crippen molar-refractivity contribution in [1.82, 2.24) is 15.0 Å². The molecular formula is C20H25N3. The van der Waals surface area contributed by atoms with Crippen LogP contribution in [-0.4, -0.2) is 15.0 Å². The molecule has 0 unspecified atom stereocenters. The first-order valence-corrected chi connectivity index (χ1v) is 8.78. The Kier molecular flexibility index (Phi) is 5.41. The second-order valence-corrected chi connectivity index (χ2v) is 6.17. The van der Waals surface area contributed by atoms with E-state index in [0.717, 1.165) is 23.1 Å². The lowest BCUT2D eigenvalue weighted by atomic mass is 10.0. The molecule has 1 heterocycles. The number of nitrogens with zero attached hydrogens (tertiary/aromatic N) is 3. The molecule has 0 aliphatic heterocycles. The number of benzene rings is 2. The molecule has 0 spiro atoms. The first kappa shape index (κ1) is 15.7. The maximum Gasteiger partial charge on any atom is 0.113 e. The summed E-state index contributed by atoms with van der Waals surface area (Å²) in [4.78, 5) is 1.72. The summed E-state index contributed by atoms with van der Waals surface area (Å²) in [5.74, 6) is 0. The van der Waals surface area contributed by atoms with Gasteiger partial charge >= 0.3 is 0 Å². The van der Waals surface area contributed by atoms with Crippen molar-refractivity contribution in [2.45, 2.75) is 51.9 Å². The molecule has 23 heavy (non-hydrogen) atoms. The van der Waals surface area contributed by atoms with E-state index in [1.807, 2.05) is 30.3 Å². The quantitative estimate of drug-likeness (QED) is 0.527. The molecule has 3 aromatic rings. The maximum atomic E-state index is 4.62. The van der Waals surface area contributed by atoms with E-state index in [-0.39, 0.29) is 0 Å². The Bertz CT molecular complexity index is 731. The molecular weight excluding hydrogens is 282 g/mol. The second kappa shape index (κ2) is 7.91. The standard InChI is InChI=1S/C20H25N3/c1-2-3-4-5-6-8-11-17-14-15-19-20(16-17)22-23(21-19)18-12-9-7-10-13-18/h7,9-10,12-16H,2-6,8,11H2,1H3. The first-order chi connectivity index (χ1) is 11.4. The summed E-state index contributed by atoms with van der Waals surface area (Å²) in [6, 6.07) is 16.5. The largest absolute Gasteiger partial charge is 0.150 e. The molecule has 0 saturated carbocycles. The van der Waals surface area contributed by atoms with Gasteiger partial charge in [-0.3, -0.25) is 0 Å². The van der Waals surface area contributed by atoms with Crippen molar-refractivity contribution in [3.63, 3.8) is 0 Å². The highest BCUT2D eigenvalue weighted by molar-refractivity contribution is 5.74. The van der Waals surface area contributed by atoms with E-state index in [9.17, 15) is 0 Å². The van der Waals surface area contributed by atoms with Gasteiger partial charge in [0.05, 0.1) is 5.69 Å². The lowest BCUT2D eigenvalue weighted by molar-refractivity contribution is 0.607. The van der Waals surface area contributed by atoms with Crippen molar-refractivity contribution in [3.8, 4) is 5.69 Å². The number of hydrogen-bond acceptors (Lipinski definition) is 2. The normalized spacial score (nSPS) is 11.2. The minimum Gasteiger partial charge on any atom is -0.150 e. The van der Waals surface area contributed by atoms with Crippen molar-refractivity contribution in [3.05, 3.63) is 54.1 Å². The Balaban J connectivity index is 1.63.